The Hall–Kier alpha value is -0.370. The molecule has 1 rings (SSSR count). The summed E-state index contributed by atoms with van der Waals surface area (Å²) in [7, 11) is 2.14. The smallest absolute Gasteiger partial charge is 0.190 e. The molecule has 0 aromatic rings. The maximum absolute atomic E-state index is 11.6. The fraction of sp³-hybridized carbons (Fsp3) is 0.900. The lowest BCUT2D eigenvalue weighted by molar-refractivity contribution is -0.906. The summed E-state index contributed by atoms with van der Waals surface area (Å²) in [5.41, 5.74) is 0. The number of likely N-dealkylation sites (N-methyl/N-ethyl adjacent to an activating group) is 1. The molecule has 0 amide bonds. The molecule has 0 bridgehead atoms. The molecule has 1 aliphatic heterocycles. The molecule has 2 heteroatoms. The average molecular weight is 170 g/mol. The van der Waals surface area contributed by atoms with Gasteiger partial charge in [0.2, 0.25) is 0 Å². The number of carbonyl (C=O) groups excluding carboxylic acids is 1. The monoisotopic (exact) mass is 170 g/mol. The number of quaternary nitrogens is 1. The molecule has 0 spiro atoms. The second-order valence-electron chi connectivity index (χ2n) is 4.55. The number of hydrogen-bond donors (Lipinski definition) is 1. The molecular formula is C10H20NO+. The highest BCUT2D eigenvalue weighted by molar-refractivity contribution is 5.83. The summed E-state index contributed by atoms with van der Waals surface area (Å²) in [4.78, 5) is 13.0. The highest BCUT2D eigenvalue weighted by Crippen LogP contribution is 2.11. The van der Waals surface area contributed by atoms with Crippen molar-refractivity contribution in [3.8, 4) is 0 Å². The number of hydrogen-bond acceptors (Lipinski definition) is 1. The van der Waals surface area contributed by atoms with Crippen molar-refractivity contribution in [1.29, 1.82) is 0 Å². The van der Waals surface area contributed by atoms with Gasteiger partial charge in [-0.25, -0.2) is 0 Å². The van der Waals surface area contributed by atoms with Crippen LogP contribution in [0.25, 0.3) is 0 Å². The number of nitrogens with one attached hydrogen (secondary N) is 1. The van der Waals surface area contributed by atoms with Gasteiger partial charge in [-0.05, 0) is 0 Å². The summed E-state index contributed by atoms with van der Waals surface area (Å²) < 4.78 is 0. The first-order chi connectivity index (χ1) is 5.52. The fourth-order valence-corrected chi connectivity index (χ4v) is 2.43. The Kier molecular flexibility index (Phi) is 2.89. The van der Waals surface area contributed by atoms with E-state index in [0.29, 0.717) is 17.6 Å². The first-order valence-electron chi connectivity index (χ1n) is 4.87. The molecule has 0 saturated carbocycles. The topological polar surface area (TPSA) is 21.5 Å². The standard InChI is InChI=1S/C10H19NO/c1-7(2)10-9(12)5-8(3)6-11(10)4/h7-8,10H,5-6H2,1-4H3/p+1/t8-,10+/m1/s1. The summed E-state index contributed by atoms with van der Waals surface area (Å²) in [6.07, 6.45) is 0.792. The van der Waals surface area contributed by atoms with E-state index in [1.165, 1.54) is 4.90 Å². The Morgan fingerprint density at radius 2 is 2.08 bits per heavy atom. The van der Waals surface area contributed by atoms with Crippen LogP contribution in [-0.2, 0) is 4.79 Å². The van der Waals surface area contributed by atoms with Gasteiger partial charge in [0.05, 0.1) is 13.6 Å². The summed E-state index contributed by atoms with van der Waals surface area (Å²) >= 11 is 0. The molecule has 1 heterocycles. The van der Waals surface area contributed by atoms with Gasteiger partial charge in [-0.3, -0.25) is 4.79 Å². The quantitative estimate of drug-likeness (QED) is 0.594. The van der Waals surface area contributed by atoms with Crippen molar-refractivity contribution in [3.63, 3.8) is 0 Å². The summed E-state index contributed by atoms with van der Waals surface area (Å²) in [6, 6.07) is 0.251. The van der Waals surface area contributed by atoms with Crippen LogP contribution in [0.4, 0.5) is 0 Å². The zero-order valence-corrected chi connectivity index (χ0v) is 8.55. The third kappa shape index (κ3) is 1.86. The number of rotatable bonds is 1. The van der Waals surface area contributed by atoms with E-state index in [0.717, 1.165) is 13.0 Å². The Morgan fingerprint density at radius 1 is 1.50 bits per heavy atom. The Bertz CT molecular complexity index is 177. The highest BCUT2D eigenvalue weighted by Gasteiger charge is 2.36. The molecule has 2 nitrogen and oxygen atoms in total. The SMILES string of the molecule is CC(C)[C@H]1C(=O)C[C@@H](C)C[NH+]1C. The van der Waals surface area contributed by atoms with Crippen LogP contribution < -0.4 is 4.90 Å². The Balaban J connectivity index is 2.67. The van der Waals surface area contributed by atoms with Gasteiger partial charge in [-0.2, -0.15) is 0 Å². The number of ketones is 1. The van der Waals surface area contributed by atoms with Crippen molar-refractivity contribution in [3.05, 3.63) is 0 Å². The second-order valence-corrected chi connectivity index (χ2v) is 4.55. The lowest BCUT2D eigenvalue weighted by Crippen LogP contribution is -3.16. The average Bonchev–Trinajstić information content (AvgIpc) is 1.82. The summed E-state index contributed by atoms with van der Waals surface area (Å²) in [5.74, 6) is 1.53. The maximum Gasteiger partial charge on any atom is 0.190 e. The lowest BCUT2D eigenvalue weighted by Gasteiger charge is -2.33. The van der Waals surface area contributed by atoms with Crippen LogP contribution in [0.3, 0.4) is 0 Å². The van der Waals surface area contributed by atoms with Crippen molar-refractivity contribution in [2.45, 2.75) is 33.2 Å². The van der Waals surface area contributed by atoms with E-state index in [1.807, 2.05) is 0 Å². The van der Waals surface area contributed by atoms with Crippen molar-refractivity contribution in [2.24, 2.45) is 11.8 Å². The van der Waals surface area contributed by atoms with E-state index in [2.05, 4.69) is 27.8 Å². The van der Waals surface area contributed by atoms with Gasteiger partial charge in [0, 0.05) is 18.3 Å². The first kappa shape index (κ1) is 9.72. The lowest BCUT2D eigenvalue weighted by atomic mass is 9.87. The van der Waals surface area contributed by atoms with Gasteiger partial charge in [0.15, 0.2) is 5.78 Å². The van der Waals surface area contributed by atoms with Crippen LogP contribution in [0.2, 0.25) is 0 Å². The molecule has 1 saturated heterocycles. The molecule has 3 atom stereocenters. The highest BCUT2D eigenvalue weighted by atomic mass is 16.1. The number of piperidine rings is 1. The summed E-state index contributed by atoms with van der Waals surface area (Å²) in [5, 5.41) is 0. The van der Waals surface area contributed by atoms with Crippen molar-refractivity contribution < 1.29 is 9.69 Å². The molecule has 1 N–H and O–H groups in total. The number of likely N-dealkylation sites (tertiary alicyclic amines) is 1. The number of Topliss-reactive ketones (excluding diaryl/α,β-unsaturated/α-hetero) is 1. The van der Waals surface area contributed by atoms with Gasteiger partial charge in [-0.1, -0.05) is 20.8 Å². The Morgan fingerprint density at radius 3 is 2.50 bits per heavy atom. The van der Waals surface area contributed by atoms with Gasteiger partial charge in [0.1, 0.15) is 6.04 Å². The normalized spacial score (nSPS) is 37.4. The molecule has 70 valence electrons. The van der Waals surface area contributed by atoms with Gasteiger partial charge in [0.25, 0.3) is 0 Å². The zero-order chi connectivity index (χ0) is 9.30. The van der Waals surface area contributed by atoms with E-state index >= 15 is 0 Å². The molecule has 1 unspecified atom stereocenters. The molecule has 0 aromatic heterocycles. The minimum Gasteiger partial charge on any atom is -0.328 e. The van der Waals surface area contributed by atoms with E-state index < -0.39 is 0 Å². The van der Waals surface area contributed by atoms with Crippen LogP contribution in [0.1, 0.15) is 27.2 Å². The summed E-state index contributed by atoms with van der Waals surface area (Å²) in [6.45, 7) is 7.59. The second kappa shape index (κ2) is 3.56. The molecule has 0 radical (unpaired) electrons. The molecule has 0 aliphatic carbocycles. The van der Waals surface area contributed by atoms with Crippen molar-refractivity contribution in [2.75, 3.05) is 13.6 Å². The van der Waals surface area contributed by atoms with E-state index in [1.54, 1.807) is 0 Å². The third-order valence-corrected chi connectivity index (χ3v) is 2.76. The van der Waals surface area contributed by atoms with E-state index in [-0.39, 0.29) is 6.04 Å². The van der Waals surface area contributed by atoms with E-state index in [9.17, 15) is 4.79 Å². The molecule has 1 aliphatic rings. The minimum absolute atomic E-state index is 0.251. The van der Waals surface area contributed by atoms with Gasteiger partial charge >= 0.3 is 0 Å². The van der Waals surface area contributed by atoms with Crippen LogP contribution >= 0.6 is 0 Å². The van der Waals surface area contributed by atoms with Crippen LogP contribution in [0.15, 0.2) is 0 Å². The first-order valence-corrected chi connectivity index (χ1v) is 4.87. The minimum atomic E-state index is 0.251. The molecular weight excluding hydrogens is 150 g/mol. The maximum atomic E-state index is 11.6. The fourth-order valence-electron chi connectivity index (χ4n) is 2.43. The van der Waals surface area contributed by atoms with Crippen LogP contribution in [-0.4, -0.2) is 25.4 Å². The van der Waals surface area contributed by atoms with E-state index in [4.69, 9.17) is 0 Å². The molecule has 1 fully saturated rings. The third-order valence-electron chi connectivity index (χ3n) is 2.76. The van der Waals surface area contributed by atoms with Crippen molar-refractivity contribution >= 4 is 5.78 Å². The Labute approximate surface area is 74.9 Å². The predicted molar refractivity (Wildman–Crippen MR) is 49.2 cm³/mol. The predicted octanol–water partition coefficient (Wildman–Crippen LogP) is 0.135. The number of carbonyl (C=O) groups is 1. The van der Waals surface area contributed by atoms with Crippen LogP contribution in [0, 0.1) is 11.8 Å². The molecule has 12 heavy (non-hydrogen) atoms. The largest absolute Gasteiger partial charge is 0.328 e. The van der Waals surface area contributed by atoms with Crippen LogP contribution in [0.5, 0.6) is 0 Å². The zero-order valence-electron chi connectivity index (χ0n) is 8.55. The van der Waals surface area contributed by atoms with Gasteiger partial charge in [-0.15, -0.1) is 0 Å². The van der Waals surface area contributed by atoms with Crippen molar-refractivity contribution in [1.82, 2.24) is 0 Å². The molecule has 0 aromatic carbocycles. The van der Waals surface area contributed by atoms with Gasteiger partial charge < -0.3 is 4.90 Å².